The van der Waals surface area contributed by atoms with Crippen molar-refractivity contribution >= 4 is 5.69 Å². The molecule has 2 N–H and O–H groups in total. The maximum atomic E-state index is 5.48. The van der Waals surface area contributed by atoms with Crippen molar-refractivity contribution in [2.24, 2.45) is 0 Å². The maximum absolute atomic E-state index is 5.48. The number of benzene rings is 1. The van der Waals surface area contributed by atoms with E-state index in [0.717, 1.165) is 12.1 Å². The Kier molecular flexibility index (Phi) is 4.68. The standard InChI is InChI=1S/C8H11N.C2H2/c1-2-7-3-5-8(9)6-4-7;1-2/h3-6H,2,9H2,1H3;1-2H. The van der Waals surface area contributed by atoms with E-state index in [4.69, 9.17) is 5.73 Å². The third-order valence-electron chi connectivity index (χ3n) is 1.39. The molecule has 0 unspecified atom stereocenters. The maximum Gasteiger partial charge on any atom is 0.0314 e. The second-order valence-electron chi connectivity index (χ2n) is 2.10. The van der Waals surface area contributed by atoms with E-state index in [1.807, 2.05) is 12.1 Å². The number of anilines is 1. The number of nitrogens with two attached hydrogens (primary N) is 1. The zero-order valence-electron chi connectivity index (χ0n) is 6.75. The van der Waals surface area contributed by atoms with Crippen molar-refractivity contribution in [2.75, 3.05) is 5.73 Å². The third kappa shape index (κ3) is 3.32. The van der Waals surface area contributed by atoms with Crippen LogP contribution in [-0.2, 0) is 6.42 Å². The van der Waals surface area contributed by atoms with Crippen LogP contribution in [0.4, 0.5) is 5.69 Å². The lowest BCUT2D eigenvalue weighted by atomic mass is 10.2. The van der Waals surface area contributed by atoms with Crippen LogP contribution in [0.1, 0.15) is 12.5 Å². The molecule has 1 heteroatoms. The summed E-state index contributed by atoms with van der Waals surface area (Å²) in [5.41, 5.74) is 7.66. The molecule has 0 atom stereocenters. The first kappa shape index (κ1) is 9.58. The van der Waals surface area contributed by atoms with Gasteiger partial charge < -0.3 is 5.73 Å². The fraction of sp³-hybridized carbons (Fsp3) is 0.200. The summed E-state index contributed by atoms with van der Waals surface area (Å²) in [6.45, 7) is 2.13. The Morgan fingerprint density at radius 3 is 2.00 bits per heavy atom. The van der Waals surface area contributed by atoms with Crippen LogP contribution in [-0.4, -0.2) is 0 Å². The van der Waals surface area contributed by atoms with Crippen LogP contribution in [0.2, 0.25) is 0 Å². The van der Waals surface area contributed by atoms with Gasteiger partial charge in [-0.2, -0.15) is 0 Å². The number of rotatable bonds is 1. The Morgan fingerprint density at radius 1 is 1.18 bits per heavy atom. The lowest BCUT2D eigenvalue weighted by molar-refractivity contribution is 1.14. The molecule has 0 fully saturated rings. The summed E-state index contributed by atoms with van der Waals surface area (Å²) in [7, 11) is 0. The summed E-state index contributed by atoms with van der Waals surface area (Å²) in [6, 6.07) is 7.96. The fourth-order valence-electron chi connectivity index (χ4n) is 0.753. The molecule has 11 heavy (non-hydrogen) atoms. The van der Waals surface area contributed by atoms with E-state index in [-0.39, 0.29) is 0 Å². The van der Waals surface area contributed by atoms with Crippen LogP contribution in [0, 0.1) is 12.8 Å². The minimum Gasteiger partial charge on any atom is -0.399 e. The van der Waals surface area contributed by atoms with Crippen molar-refractivity contribution in [2.45, 2.75) is 13.3 Å². The number of hydrogen-bond acceptors (Lipinski definition) is 1. The number of aryl methyl sites for hydroxylation is 1. The Morgan fingerprint density at radius 2 is 1.64 bits per heavy atom. The minimum absolute atomic E-state index is 0.840. The summed E-state index contributed by atoms with van der Waals surface area (Å²) >= 11 is 0. The summed E-state index contributed by atoms with van der Waals surface area (Å²) in [6.07, 6.45) is 9.08. The molecule has 0 aliphatic rings. The molecule has 1 aromatic carbocycles. The summed E-state index contributed by atoms with van der Waals surface area (Å²) in [4.78, 5) is 0. The van der Waals surface area contributed by atoms with Crippen LogP contribution >= 0.6 is 0 Å². The number of terminal acetylenes is 1. The predicted molar refractivity (Wildman–Crippen MR) is 50.1 cm³/mol. The Bertz CT molecular complexity index is 208. The van der Waals surface area contributed by atoms with Crippen molar-refractivity contribution in [1.29, 1.82) is 0 Å². The molecular weight excluding hydrogens is 134 g/mol. The van der Waals surface area contributed by atoms with E-state index in [1.165, 1.54) is 5.56 Å². The average Bonchev–Trinajstić information content (AvgIpc) is 2.10. The number of nitrogen functional groups attached to an aromatic ring is 1. The highest BCUT2D eigenvalue weighted by Gasteiger charge is 1.85. The number of hydrogen-bond donors (Lipinski definition) is 1. The molecule has 1 aromatic rings. The van der Waals surface area contributed by atoms with Gasteiger partial charge in [0.05, 0.1) is 0 Å². The zero-order chi connectivity index (χ0) is 8.69. The Hall–Kier alpha value is -1.42. The molecule has 0 bridgehead atoms. The molecule has 0 aliphatic heterocycles. The van der Waals surface area contributed by atoms with Gasteiger partial charge in [0.25, 0.3) is 0 Å². The minimum atomic E-state index is 0.840. The molecule has 0 spiro atoms. The third-order valence-corrected chi connectivity index (χ3v) is 1.39. The lowest BCUT2D eigenvalue weighted by Gasteiger charge is -1.94. The molecule has 0 saturated heterocycles. The van der Waals surface area contributed by atoms with Crippen LogP contribution in [0.15, 0.2) is 24.3 Å². The molecule has 1 nitrogen and oxygen atoms in total. The highest BCUT2D eigenvalue weighted by Crippen LogP contribution is 2.04. The lowest BCUT2D eigenvalue weighted by Crippen LogP contribution is -1.84. The second kappa shape index (κ2) is 5.37. The van der Waals surface area contributed by atoms with Crippen LogP contribution in [0.25, 0.3) is 0 Å². The summed E-state index contributed by atoms with van der Waals surface area (Å²) in [5, 5.41) is 0. The highest BCUT2D eigenvalue weighted by atomic mass is 14.5. The van der Waals surface area contributed by atoms with Gasteiger partial charge in [0, 0.05) is 5.69 Å². The monoisotopic (exact) mass is 147 g/mol. The van der Waals surface area contributed by atoms with Crippen molar-refractivity contribution in [3.8, 4) is 12.8 Å². The van der Waals surface area contributed by atoms with Crippen LogP contribution in [0.3, 0.4) is 0 Å². The van der Waals surface area contributed by atoms with Crippen LogP contribution < -0.4 is 5.73 Å². The fourth-order valence-corrected chi connectivity index (χ4v) is 0.753. The van der Waals surface area contributed by atoms with Crippen molar-refractivity contribution in [1.82, 2.24) is 0 Å². The van der Waals surface area contributed by atoms with Crippen LogP contribution in [0.5, 0.6) is 0 Å². The van der Waals surface area contributed by atoms with Gasteiger partial charge in [0.2, 0.25) is 0 Å². The van der Waals surface area contributed by atoms with Gasteiger partial charge in [-0.1, -0.05) is 19.1 Å². The van der Waals surface area contributed by atoms with Gasteiger partial charge in [-0.15, -0.1) is 12.8 Å². The topological polar surface area (TPSA) is 26.0 Å². The molecule has 0 saturated carbocycles. The van der Waals surface area contributed by atoms with E-state index in [9.17, 15) is 0 Å². The Labute approximate surface area is 68.2 Å². The van der Waals surface area contributed by atoms with E-state index in [1.54, 1.807) is 0 Å². The average molecular weight is 147 g/mol. The van der Waals surface area contributed by atoms with Crippen molar-refractivity contribution in [3.63, 3.8) is 0 Å². The molecule has 1 rings (SSSR count). The summed E-state index contributed by atoms with van der Waals surface area (Å²) in [5.74, 6) is 0. The smallest absolute Gasteiger partial charge is 0.0314 e. The second-order valence-corrected chi connectivity index (χ2v) is 2.10. The molecule has 0 aliphatic carbocycles. The van der Waals surface area contributed by atoms with Gasteiger partial charge >= 0.3 is 0 Å². The van der Waals surface area contributed by atoms with E-state index in [0.29, 0.717) is 0 Å². The zero-order valence-corrected chi connectivity index (χ0v) is 6.75. The van der Waals surface area contributed by atoms with Gasteiger partial charge in [-0.25, -0.2) is 0 Å². The largest absolute Gasteiger partial charge is 0.399 e. The molecule has 58 valence electrons. The first-order chi connectivity index (χ1) is 5.33. The van der Waals surface area contributed by atoms with Crippen molar-refractivity contribution in [3.05, 3.63) is 29.8 Å². The van der Waals surface area contributed by atoms with Gasteiger partial charge in [0.1, 0.15) is 0 Å². The molecule has 0 radical (unpaired) electrons. The first-order valence-corrected chi connectivity index (χ1v) is 3.50. The normalized spacial score (nSPS) is 7.91. The Balaban J connectivity index is 0.000000461. The summed E-state index contributed by atoms with van der Waals surface area (Å²) < 4.78 is 0. The predicted octanol–water partition coefficient (Wildman–Crippen LogP) is 2.08. The van der Waals surface area contributed by atoms with Gasteiger partial charge in [-0.05, 0) is 24.1 Å². The van der Waals surface area contributed by atoms with E-state index < -0.39 is 0 Å². The molecule has 0 aromatic heterocycles. The van der Waals surface area contributed by atoms with Gasteiger partial charge in [0.15, 0.2) is 0 Å². The van der Waals surface area contributed by atoms with Gasteiger partial charge in [-0.3, -0.25) is 0 Å². The molecule has 0 amide bonds. The van der Waals surface area contributed by atoms with E-state index in [2.05, 4.69) is 31.9 Å². The molecule has 0 heterocycles. The van der Waals surface area contributed by atoms with E-state index >= 15 is 0 Å². The van der Waals surface area contributed by atoms with Crippen molar-refractivity contribution < 1.29 is 0 Å². The quantitative estimate of drug-likeness (QED) is 0.477. The first-order valence-electron chi connectivity index (χ1n) is 3.50. The SMILES string of the molecule is C#C.CCc1ccc(N)cc1. The molecular formula is C10H13N. The highest BCUT2D eigenvalue weighted by molar-refractivity contribution is 5.39.